The molecule has 0 amide bonds. The fourth-order valence-corrected chi connectivity index (χ4v) is 2.52. The predicted molar refractivity (Wildman–Crippen MR) is 73.7 cm³/mol. The van der Waals surface area contributed by atoms with Crippen molar-refractivity contribution in [2.45, 2.75) is 13.5 Å². The minimum Gasteiger partial charge on any atom is -0.378 e. The number of fused-ring (bicyclic) bond motifs is 1. The summed E-state index contributed by atoms with van der Waals surface area (Å²) in [5.74, 6) is 0. The van der Waals surface area contributed by atoms with Gasteiger partial charge < -0.3 is 9.75 Å². The molecule has 1 fully saturated rings. The molecule has 108 valence electrons. The van der Waals surface area contributed by atoms with Crippen LogP contribution in [0, 0.1) is 0 Å². The van der Waals surface area contributed by atoms with Gasteiger partial charge in [-0.25, -0.2) is 14.5 Å². The fraction of sp³-hybridized carbons (Fsp3) is 0.583. The maximum Gasteiger partial charge on any atom is 0.332 e. The summed E-state index contributed by atoms with van der Waals surface area (Å²) in [4.78, 5) is 28.8. The summed E-state index contributed by atoms with van der Waals surface area (Å²) < 4.78 is 9.69. The van der Waals surface area contributed by atoms with Crippen LogP contribution in [-0.4, -0.2) is 45.1 Å². The largest absolute Gasteiger partial charge is 0.378 e. The molecule has 2 aromatic rings. The molecule has 0 spiro atoms. The number of aromatic nitrogens is 4. The highest BCUT2D eigenvalue weighted by Crippen LogP contribution is 2.08. The molecule has 3 rings (SSSR count). The molecule has 0 unspecified atom stereocenters. The van der Waals surface area contributed by atoms with Crippen molar-refractivity contribution in [1.29, 1.82) is 0 Å². The van der Waals surface area contributed by atoms with E-state index >= 15 is 0 Å². The lowest BCUT2D eigenvalue weighted by Crippen LogP contribution is -2.46. The van der Waals surface area contributed by atoms with E-state index in [2.05, 4.69) is 4.98 Å². The van der Waals surface area contributed by atoms with Crippen molar-refractivity contribution in [3.05, 3.63) is 27.2 Å². The quantitative estimate of drug-likeness (QED) is 0.696. The van der Waals surface area contributed by atoms with Gasteiger partial charge in [-0.15, -0.1) is 0 Å². The van der Waals surface area contributed by atoms with Gasteiger partial charge in [0.2, 0.25) is 0 Å². The number of hydrogen-bond acceptors (Lipinski definition) is 5. The Labute approximate surface area is 114 Å². The minimum absolute atomic E-state index is 0.297. The normalized spacial score (nSPS) is 16.0. The van der Waals surface area contributed by atoms with E-state index in [1.165, 1.54) is 9.13 Å². The van der Waals surface area contributed by atoms with Gasteiger partial charge in [-0.3, -0.25) is 13.9 Å². The van der Waals surface area contributed by atoms with Crippen LogP contribution in [0.5, 0.6) is 0 Å². The Balaban J connectivity index is 2.28. The number of rotatable bonds is 2. The number of nitrogens with zero attached hydrogens (tertiary/aromatic N) is 5. The summed E-state index contributed by atoms with van der Waals surface area (Å²) in [7, 11) is 1.63. The second kappa shape index (κ2) is 4.78. The monoisotopic (exact) mass is 279 g/mol. The van der Waals surface area contributed by atoms with E-state index in [1.807, 2.05) is 5.01 Å². The highest BCUT2D eigenvalue weighted by atomic mass is 16.5. The maximum absolute atomic E-state index is 12.5. The first-order chi connectivity index (χ1) is 9.65. The molecule has 0 radical (unpaired) electrons. The molecule has 20 heavy (non-hydrogen) atoms. The first kappa shape index (κ1) is 12.9. The molecule has 0 aliphatic carbocycles. The van der Waals surface area contributed by atoms with Crippen LogP contribution in [0.25, 0.3) is 11.2 Å². The molecule has 0 N–H and O–H groups in total. The van der Waals surface area contributed by atoms with E-state index < -0.39 is 0 Å². The van der Waals surface area contributed by atoms with E-state index in [0.29, 0.717) is 44.0 Å². The second-order valence-electron chi connectivity index (χ2n) is 4.72. The zero-order chi connectivity index (χ0) is 14.3. The van der Waals surface area contributed by atoms with Gasteiger partial charge >= 0.3 is 5.69 Å². The Morgan fingerprint density at radius 1 is 1.30 bits per heavy atom. The molecule has 8 nitrogen and oxygen atoms in total. The molecule has 3 heterocycles. The highest BCUT2D eigenvalue weighted by molar-refractivity contribution is 5.70. The average Bonchev–Trinajstić information content (AvgIpc) is 2.92. The van der Waals surface area contributed by atoms with Gasteiger partial charge in [0, 0.05) is 13.6 Å². The van der Waals surface area contributed by atoms with Crippen molar-refractivity contribution in [3.63, 3.8) is 0 Å². The first-order valence-electron chi connectivity index (χ1n) is 6.65. The molecule has 2 aromatic heterocycles. The number of morpholine rings is 1. The summed E-state index contributed by atoms with van der Waals surface area (Å²) in [5.41, 5.74) is 0.221. The zero-order valence-corrected chi connectivity index (χ0v) is 11.6. The molecule has 0 atom stereocenters. The van der Waals surface area contributed by atoms with E-state index in [0.717, 1.165) is 0 Å². The van der Waals surface area contributed by atoms with Crippen LogP contribution in [0.4, 0.5) is 0 Å². The third-order valence-corrected chi connectivity index (χ3v) is 3.62. The van der Waals surface area contributed by atoms with E-state index in [9.17, 15) is 9.59 Å². The van der Waals surface area contributed by atoms with E-state index in [1.54, 1.807) is 25.0 Å². The summed E-state index contributed by atoms with van der Waals surface area (Å²) in [5, 5.41) is 2.00. The van der Waals surface area contributed by atoms with E-state index in [4.69, 9.17) is 4.74 Å². The zero-order valence-electron chi connectivity index (χ0n) is 11.6. The Morgan fingerprint density at radius 3 is 2.65 bits per heavy atom. The number of ether oxygens (including phenoxy) is 1. The van der Waals surface area contributed by atoms with Gasteiger partial charge in [-0.2, -0.15) is 0 Å². The number of imidazole rings is 1. The van der Waals surface area contributed by atoms with Crippen LogP contribution in [0.1, 0.15) is 6.92 Å². The molecule has 1 saturated heterocycles. The van der Waals surface area contributed by atoms with Crippen molar-refractivity contribution in [2.24, 2.45) is 7.05 Å². The van der Waals surface area contributed by atoms with Crippen LogP contribution in [0.2, 0.25) is 0 Å². The molecule has 0 bridgehead atoms. The summed E-state index contributed by atoms with van der Waals surface area (Å²) in [6.45, 7) is 4.75. The van der Waals surface area contributed by atoms with Crippen LogP contribution in [0.15, 0.2) is 15.9 Å². The third-order valence-electron chi connectivity index (χ3n) is 3.62. The van der Waals surface area contributed by atoms with Gasteiger partial charge in [0.1, 0.15) is 6.33 Å². The molecule has 0 saturated carbocycles. The fourth-order valence-electron chi connectivity index (χ4n) is 2.52. The summed E-state index contributed by atoms with van der Waals surface area (Å²) in [6, 6.07) is 0. The van der Waals surface area contributed by atoms with Crippen LogP contribution in [0.3, 0.4) is 0 Å². The summed E-state index contributed by atoms with van der Waals surface area (Å²) >= 11 is 0. The lowest BCUT2D eigenvalue weighted by Gasteiger charge is -2.29. The minimum atomic E-state index is -0.336. The SMILES string of the molecule is CCn1c(=O)c2c(ncn2N2CCOCC2)n(C)c1=O. The molecular formula is C12H17N5O3. The van der Waals surface area contributed by atoms with Gasteiger partial charge in [0.25, 0.3) is 5.56 Å². The topological polar surface area (TPSA) is 74.3 Å². The Kier molecular flexibility index (Phi) is 3.09. The molecule has 1 aliphatic heterocycles. The van der Waals surface area contributed by atoms with Gasteiger partial charge in [0.15, 0.2) is 11.2 Å². The number of hydrogen-bond donors (Lipinski definition) is 0. The second-order valence-corrected chi connectivity index (χ2v) is 4.72. The van der Waals surface area contributed by atoms with Crippen LogP contribution in [-0.2, 0) is 18.3 Å². The van der Waals surface area contributed by atoms with Crippen molar-refractivity contribution in [3.8, 4) is 0 Å². The maximum atomic E-state index is 12.5. The highest BCUT2D eigenvalue weighted by Gasteiger charge is 2.19. The van der Waals surface area contributed by atoms with Crippen LogP contribution < -0.4 is 16.3 Å². The number of aryl methyl sites for hydroxylation is 1. The third kappa shape index (κ3) is 1.75. The Morgan fingerprint density at radius 2 is 2.00 bits per heavy atom. The Bertz CT molecular complexity index is 751. The lowest BCUT2D eigenvalue weighted by molar-refractivity contribution is 0.112. The average molecular weight is 279 g/mol. The van der Waals surface area contributed by atoms with E-state index in [-0.39, 0.29) is 11.2 Å². The molecular weight excluding hydrogens is 262 g/mol. The van der Waals surface area contributed by atoms with Gasteiger partial charge in [-0.1, -0.05) is 0 Å². The van der Waals surface area contributed by atoms with Gasteiger partial charge in [0.05, 0.1) is 26.3 Å². The smallest absolute Gasteiger partial charge is 0.332 e. The van der Waals surface area contributed by atoms with Gasteiger partial charge in [-0.05, 0) is 6.92 Å². The summed E-state index contributed by atoms with van der Waals surface area (Å²) in [6.07, 6.45) is 1.59. The standard InChI is InChI=1S/C12H17N5O3/c1-3-16-11(18)9-10(14(2)12(16)19)13-8-17(9)15-4-6-20-7-5-15/h8H,3-7H2,1-2H3. The van der Waals surface area contributed by atoms with Crippen molar-refractivity contribution >= 4 is 11.2 Å². The molecule has 8 heteroatoms. The molecule has 1 aliphatic rings. The first-order valence-corrected chi connectivity index (χ1v) is 6.65. The molecule has 0 aromatic carbocycles. The van der Waals surface area contributed by atoms with Crippen molar-refractivity contribution in [1.82, 2.24) is 18.8 Å². The van der Waals surface area contributed by atoms with Crippen molar-refractivity contribution < 1.29 is 4.74 Å². The van der Waals surface area contributed by atoms with Crippen molar-refractivity contribution in [2.75, 3.05) is 31.3 Å². The van der Waals surface area contributed by atoms with Crippen LogP contribution >= 0.6 is 0 Å². The lowest BCUT2D eigenvalue weighted by atomic mass is 10.4. The predicted octanol–water partition coefficient (Wildman–Crippen LogP) is -1.12. The Hall–Kier alpha value is -2.09.